The first kappa shape index (κ1) is 38.7. The molecular formula is C64H47N. The van der Waals surface area contributed by atoms with E-state index in [0.29, 0.717) is 0 Å². The zero-order valence-corrected chi connectivity index (χ0v) is 36.6. The largest absolute Gasteiger partial charge is 0.310 e. The minimum absolute atomic E-state index is 0.170. The number of hydrogen-bond acceptors (Lipinski definition) is 1. The molecule has 12 rings (SSSR count). The summed E-state index contributed by atoms with van der Waals surface area (Å²) in [6, 6.07) is 92.2. The molecule has 0 saturated carbocycles. The molecule has 0 amide bonds. The van der Waals surface area contributed by atoms with E-state index < -0.39 is 5.41 Å². The van der Waals surface area contributed by atoms with Gasteiger partial charge in [-0.2, -0.15) is 0 Å². The van der Waals surface area contributed by atoms with E-state index >= 15 is 0 Å². The molecule has 1 nitrogen and oxygen atoms in total. The molecule has 2 aliphatic rings. The highest BCUT2D eigenvalue weighted by Gasteiger charge is 2.46. The number of fused-ring (bicyclic) bond motifs is 6. The predicted molar refractivity (Wildman–Crippen MR) is 272 cm³/mol. The first-order chi connectivity index (χ1) is 32.0. The average Bonchev–Trinajstić information content (AvgIpc) is 3.80. The van der Waals surface area contributed by atoms with E-state index in [1.165, 1.54) is 77.9 Å². The Balaban J connectivity index is 1.13. The third kappa shape index (κ3) is 6.15. The number of hydrogen-bond donors (Lipinski definition) is 0. The maximum atomic E-state index is 2.53. The lowest BCUT2D eigenvalue weighted by atomic mass is 9.67. The van der Waals surface area contributed by atoms with Crippen LogP contribution in [-0.4, -0.2) is 0 Å². The van der Waals surface area contributed by atoms with Gasteiger partial charge in [0.05, 0.1) is 11.1 Å². The Morgan fingerprint density at radius 1 is 0.277 bits per heavy atom. The van der Waals surface area contributed by atoms with Crippen LogP contribution in [0.5, 0.6) is 0 Å². The van der Waals surface area contributed by atoms with Crippen LogP contribution in [0.3, 0.4) is 0 Å². The van der Waals surface area contributed by atoms with Crippen molar-refractivity contribution < 1.29 is 0 Å². The van der Waals surface area contributed by atoms with Gasteiger partial charge in [-0.25, -0.2) is 0 Å². The Labute approximate surface area is 382 Å². The van der Waals surface area contributed by atoms with Crippen molar-refractivity contribution in [3.63, 3.8) is 0 Å². The predicted octanol–water partition coefficient (Wildman–Crippen LogP) is 16.8. The molecular weight excluding hydrogens is 783 g/mol. The first-order valence-electron chi connectivity index (χ1n) is 22.8. The van der Waals surface area contributed by atoms with Crippen molar-refractivity contribution in [2.75, 3.05) is 4.90 Å². The fourth-order valence-electron chi connectivity index (χ4n) is 11.1. The Kier molecular flexibility index (Phi) is 9.14. The van der Waals surface area contributed by atoms with Gasteiger partial charge in [-0.05, 0) is 120 Å². The normalized spacial score (nSPS) is 13.6. The Morgan fingerprint density at radius 3 is 1.29 bits per heavy atom. The van der Waals surface area contributed by atoms with Gasteiger partial charge in [0.25, 0.3) is 0 Å². The summed E-state index contributed by atoms with van der Waals surface area (Å²) in [5, 5.41) is 0. The zero-order valence-electron chi connectivity index (χ0n) is 36.6. The minimum atomic E-state index is -0.537. The quantitative estimate of drug-likeness (QED) is 0.147. The Hall–Kier alpha value is -8.00. The highest BCUT2D eigenvalue weighted by atomic mass is 15.1. The second-order valence-corrected chi connectivity index (χ2v) is 18.0. The Morgan fingerprint density at radius 2 is 0.692 bits per heavy atom. The van der Waals surface area contributed by atoms with Crippen molar-refractivity contribution in [3.8, 4) is 55.6 Å². The van der Waals surface area contributed by atoms with Crippen molar-refractivity contribution in [2.24, 2.45) is 0 Å². The third-order valence-electron chi connectivity index (χ3n) is 14.2. The highest BCUT2D eigenvalue weighted by molar-refractivity contribution is 5.95. The summed E-state index contributed by atoms with van der Waals surface area (Å²) < 4.78 is 0. The molecule has 0 atom stereocenters. The van der Waals surface area contributed by atoms with Gasteiger partial charge in [-0.3, -0.25) is 0 Å². The summed E-state index contributed by atoms with van der Waals surface area (Å²) in [6.07, 6.45) is 0. The standard InChI is InChI=1S/C64H47N/c1-63(2)58-29-17-15-27-53(58)55-38-36-51(42-60(55)63)65(62-40-35-48(45-21-9-4-10-22-45)41-57(62)47-33-31-46(32-34-47)44-19-7-3-8-20-44)52-37-39-56-54-28-16-18-30-59(54)64(61(56)43-52,49-23-11-5-12-24-49)50-25-13-6-14-26-50/h3-43H,1-2H3. The molecule has 0 aromatic heterocycles. The lowest BCUT2D eigenvalue weighted by molar-refractivity contribution is 0.660. The molecule has 308 valence electrons. The molecule has 10 aromatic rings. The molecule has 0 spiro atoms. The summed E-state index contributed by atoms with van der Waals surface area (Å²) in [6.45, 7) is 4.75. The van der Waals surface area contributed by atoms with Gasteiger partial charge in [-0.1, -0.05) is 226 Å². The van der Waals surface area contributed by atoms with Crippen molar-refractivity contribution in [2.45, 2.75) is 24.7 Å². The maximum absolute atomic E-state index is 2.53. The molecule has 2 aliphatic carbocycles. The molecule has 0 aliphatic heterocycles. The number of benzene rings is 10. The van der Waals surface area contributed by atoms with E-state index in [0.717, 1.165) is 28.2 Å². The molecule has 0 fully saturated rings. The van der Waals surface area contributed by atoms with Crippen LogP contribution in [0.4, 0.5) is 17.1 Å². The van der Waals surface area contributed by atoms with E-state index in [1.54, 1.807) is 0 Å². The van der Waals surface area contributed by atoms with Gasteiger partial charge in [0.2, 0.25) is 0 Å². The van der Waals surface area contributed by atoms with Gasteiger partial charge >= 0.3 is 0 Å². The van der Waals surface area contributed by atoms with Crippen LogP contribution in [0.1, 0.15) is 47.2 Å². The zero-order chi connectivity index (χ0) is 43.5. The van der Waals surface area contributed by atoms with Crippen LogP contribution in [0, 0.1) is 0 Å². The van der Waals surface area contributed by atoms with Crippen LogP contribution >= 0.6 is 0 Å². The fourth-order valence-corrected chi connectivity index (χ4v) is 11.1. The molecule has 10 aromatic carbocycles. The first-order valence-corrected chi connectivity index (χ1v) is 22.8. The van der Waals surface area contributed by atoms with Gasteiger partial charge < -0.3 is 4.90 Å². The monoisotopic (exact) mass is 829 g/mol. The fraction of sp³-hybridized carbons (Fsp3) is 0.0625. The van der Waals surface area contributed by atoms with Gasteiger partial charge in [-0.15, -0.1) is 0 Å². The lowest BCUT2D eigenvalue weighted by Crippen LogP contribution is -2.28. The molecule has 0 bridgehead atoms. The molecule has 0 unspecified atom stereocenters. The van der Waals surface area contributed by atoms with Crippen LogP contribution < -0.4 is 4.90 Å². The molecule has 0 N–H and O–H groups in total. The van der Waals surface area contributed by atoms with E-state index in [9.17, 15) is 0 Å². The second-order valence-electron chi connectivity index (χ2n) is 18.0. The summed E-state index contributed by atoms with van der Waals surface area (Å²) in [5.41, 5.74) is 22.7. The summed E-state index contributed by atoms with van der Waals surface area (Å²) in [7, 11) is 0. The minimum Gasteiger partial charge on any atom is -0.310 e. The van der Waals surface area contributed by atoms with Crippen LogP contribution in [0.2, 0.25) is 0 Å². The van der Waals surface area contributed by atoms with Crippen molar-refractivity contribution in [1.29, 1.82) is 0 Å². The molecule has 0 saturated heterocycles. The number of anilines is 3. The van der Waals surface area contributed by atoms with Crippen molar-refractivity contribution >= 4 is 17.1 Å². The summed E-state index contributed by atoms with van der Waals surface area (Å²) in [5.74, 6) is 0. The average molecular weight is 830 g/mol. The van der Waals surface area contributed by atoms with Gasteiger partial charge in [0.15, 0.2) is 0 Å². The smallest absolute Gasteiger partial charge is 0.0714 e. The van der Waals surface area contributed by atoms with Crippen LogP contribution in [0.15, 0.2) is 249 Å². The SMILES string of the molecule is CC1(C)c2ccccc2-c2ccc(N(c3ccc4c(c3)C(c3ccccc3)(c3ccccc3)c3ccccc3-4)c3ccc(-c4ccccc4)cc3-c3ccc(-c4ccccc4)cc3)cc21. The van der Waals surface area contributed by atoms with E-state index in [-0.39, 0.29) is 5.41 Å². The molecule has 0 radical (unpaired) electrons. The highest BCUT2D eigenvalue weighted by Crippen LogP contribution is 2.58. The number of rotatable bonds is 8. The molecule has 1 heteroatoms. The topological polar surface area (TPSA) is 3.24 Å². The molecule has 0 heterocycles. The van der Waals surface area contributed by atoms with E-state index in [2.05, 4.69) is 267 Å². The van der Waals surface area contributed by atoms with Gasteiger partial charge in [0, 0.05) is 22.4 Å². The summed E-state index contributed by atoms with van der Waals surface area (Å²) in [4.78, 5) is 2.53. The van der Waals surface area contributed by atoms with Gasteiger partial charge in [0.1, 0.15) is 0 Å². The van der Waals surface area contributed by atoms with Crippen molar-refractivity contribution in [3.05, 3.63) is 282 Å². The third-order valence-corrected chi connectivity index (χ3v) is 14.2. The van der Waals surface area contributed by atoms with Crippen LogP contribution in [-0.2, 0) is 10.8 Å². The maximum Gasteiger partial charge on any atom is 0.0714 e. The number of nitrogens with zero attached hydrogens (tertiary/aromatic N) is 1. The van der Waals surface area contributed by atoms with E-state index in [1.807, 2.05) is 0 Å². The van der Waals surface area contributed by atoms with Crippen molar-refractivity contribution in [1.82, 2.24) is 0 Å². The summed E-state index contributed by atoms with van der Waals surface area (Å²) >= 11 is 0. The Bertz CT molecular complexity index is 3330. The van der Waals surface area contributed by atoms with Crippen LogP contribution in [0.25, 0.3) is 55.6 Å². The second kappa shape index (κ2) is 15.4. The molecule has 65 heavy (non-hydrogen) atoms. The van der Waals surface area contributed by atoms with E-state index in [4.69, 9.17) is 0 Å². The lowest BCUT2D eigenvalue weighted by Gasteiger charge is -2.35.